The fraction of sp³-hybridized carbons (Fsp3) is 0.562. The molecule has 0 bridgehead atoms. The summed E-state index contributed by atoms with van der Waals surface area (Å²) >= 11 is 0. The van der Waals surface area contributed by atoms with Crippen molar-refractivity contribution in [2.45, 2.75) is 39.7 Å². The summed E-state index contributed by atoms with van der Waals surface area (Å²) in [7, 11) is 0. The van der Waals surface area contributed by atoms with E-state index in [0.29, 0.717) is 13.1 Å². The predicted molar refractivity (Wildman–Crippen MR) is 81.8 cm³/mol. The summed E-state index contributed by atoms with van der Waals surface area (Å²) in [4.78, 5) is 11.6. The van der Waals surface area contributed by atoms with Gasteiger partial charge in [0.05, 0.1) is 0 Å². The van der Waals surface area contributed by atoms with E-state index in [-0.39, 0.29) is 18.3 Å². The summed E-state index contributed by atoms with van der Waals surface area (Å²) in [6.07, 6.45) is 2.95. The molecule has 0 radical (unpaired) electrons. The van der Waals surface area contributed by atoms with Gasteiger partial charge in [-0.2, -0.15) is 0 Å². The van der Waals surface area contributed by atoms with Gasteiger partial charge < -0.3 is 15.4 Å². The lowest BCUT2D eigenvalue weighted by Crippen LogP contribution is -2.30. The van der Waals surface area contributed by atoms with E-state index >= 15 is 0 Å². The number of ether oxygens (including phenoxy) is 1. The molecule has 1 aromatic carbocycles. The number of nitrogens with one attached hydrogen (secondary N) is 2. The SMILES string of the molecule is CCCCNC(=O)COc1c(F)cccc1CNCCC. The molecule has 118 valence electrons. The van der Waals surface area contributed by atoms with Crippen LogP contribution in [0.1, 0.15) is 38.7 Å². The molecular weight excluding hydrogens is 271 g/mol. The summed E-state index contributed by atoms with van der Waals surface area (Å²) in [6, 6.07) is 4.79. The zero-order chi connectivity index (χ0) is 15.5. The van der Waals surface area contributed by atoms with Crippen LogP contribution in [0.4, 0.5) is 4.39 Å². The second kappa shape index (κ2) is 10.2. The molecule has 0 saturated carbocycles. The number of halogens is 1. The van der Waals surface area contributed by atoms with E-state index in [9.17, 15) is 9.18 Å². The Kier molecular flexibility index (Phi) is 8.43. The van der Waals surface area contributed by atoms with Crippen LogP contribution in [0.15, 0.2) is 18.2 Å². The number of carbonyl (C=O) groups excluding carboxylic acids is 1. The first kappa shape index (κ1) is 17.4. The van der Waals surface area contributed by atoms with Crippen LogP contribution in [0.2, 0.25) is 0 Å². The quantitative estimate of drug-likeness (QED) is 0.653. The monoisotopic (exact) mass is 296 g/mol. The highest BCUT2D eigenvalue weighted by Gasteiger charge is 2.11. The van der Waals surface area contributed by atoms with Crippen molar-refractivity contribution in [2.24, 2.45) is 0 Å². The molecule has 0 unspecified atom stereocenters. The Hall–Kier alpha value is -1.62. The van der Waals surface area contributed by atoms with Crippen LogP contribution < -0.4 is 15.4 Å². The Morgan fingerprint density at radius 1 is 1.24 bits per heavy atom. The molecule has 0 spiro atoms. The molecule has 1 rings (SSSR count). The van der Waals surface area contributed by atoms with Crippen LogP contribution in [-0.4, -0.2) is 25.6 Å². The van der Waals surface area contributed by atoms with Crippen molar-refractivity contribution in [1.29, 1.82) is 0 Å². The molecule has 0 saturated heterocycles. The number of hydrogen-bond donors (Lipinski definition) is 2. The van der Waals surface area contributed by atoms with Gasteiger partial charge in [0.1, 0.15) is 0 Å². The van der Waals surface area contributed by atoms with E-state index in [0.717, 1.165) is 31.4 Å². The molecule has 0 aliphatic rings. The third-order valence-corrected chi connectivity index (χ3v) is 2.99. The van der Waals surface area contributed by atoms with Crippen molar-refractivity contribution in [1.82, 2.24) is 10.6 Å². The largest absolute Gasteiger partial charge is 0.480 e. The van der Waals surface area contributed by atoms with E-state index in [1.165, 1.54) is 6.07 Å². The average molecular weight is 296 g/mol. The van der Waals surface area contributed by atoms with Gasteiger partial charge in [-0.1, -0.05) is 32.4 Å². The summed E-state index contributed by atoms with van der Waals surface area (Å²) in [6.45, 7) is 5.96. The number of unbranched alkanes of at least 4 members (excludes halogenated alkanes) is 1. The highest BCUT2D eigenvalue weighted by molar-refractivity contribution is 5.77. The topological polar surface area (TPSA) is 50.4 Å². The maximum Gasteiger partial charge on any atom is 0.257 e. The van der Waals surface area contributed by atoms with Crippen LogP contribution in [-0.2, 0) is 11.3 Å². The minimum absolute atomic E-state index is 0.159. The molecule has 0 aliphatic heterocycles. The minimum Gasteiger partial charge on any atom is -0.480 e. The van der Waals surface area contributed by atoms with Crippen molar-refractivity contribution in [2.75, 3.05) is 19.7 Å². The number of amides is 1. The average Bonchev–Trinajstić information content (AvgIpc) is 2.47. The summed E-state index contributed by atoms with van der Waals surface area (Å²) < 4.78 is 19.2. The lowest BCUT2D eigenvalue weighted by molar-refractivity contribution is -0.123. The Morgan fingerprint density at radius 3 is 2.76 bits per heavy atom. The molecule has 0 heterocycles. The Labute approximate surface area is 126 Å². The lowest BCUT2D eigenvalue weighted by atomic mass is 10.2. The van der Waals surface area contributed by atoms with Gasteiger partial charge in [-0.3, -0.25) is 4.79 Å². The van der Waals surface area contributed by atoms with E-state index < -0.39 is 5.82 Å². The molecule has 0 aliphatic carbocycles. The van der Waals surface area contributed by atoms with Crippen LogP contribution >= 0.6 is 0 Å². The summed E-state index contributed by atoms with van der Waals surface area (Å²) in [5.74, 6) is -0.502. The molecule has 4 nitrogen and oxygen atoms in total. The molecule has 2 N–H and O–H groups in total. The number of rotatable bonds is 10. The van der Waals surface area contributed by atoms with Gasteiger partial charge in [0.2, 0.25) is 0 Å². The minimum atomic E-state index is -0.438. The van der Waals surface area contributed by atoms with Crippen molar-refractivity contribution < 1.29 is 13.9 Å². The maximum absolute atomic E-state index is 13.8. The van der Waals surface area contributed by atoms with E-state index in [4.69, 9.17) is 4.74 Å². The van der Waals surface area contributed by atoms with Crippen molar-refractivity contribution in [3.05, 3.63) is 29.6 Å². The first-order valence-electron chi connectivity index (χ1n) is 7.56. The smallest absolute Gasteiger partial charge is 0.257 e. The van der Waals surface area contributed by atoms with E-state index in [1.807, 2.05) is 0 Å². The highest BCUT2D eigenvalue weighted by Crippen LogP contribution is 2.22. The van der Waals surface area contributed by atoms with Crippen molar-refractivity contribution in [3.8, 4) is 5.75 Å². The van der Waals surface area contributed by atoms with Crippen LogP contribution in [0.5, 0.6) is 5.75 Å². The first-order valence-corrected chi connectivity index (χ1v) is 7.56. The van der Waals surface area contributed by atoms with Crippen molar-refractivity contribution >= 4 is 5.91 Å². The van der Waals surface area contributed by atoms with Gasteiger partial charge in [-0.05, 0) is 25.5 Å². The summed E-state index contributed by atoms with van der Waals surface area (Å²) in [5, 5.41) is 5.94. The van der Waals surface area contributed by atoms with Gasteiger partial charge >= 0.3 is 0 Å². The highest BCUT2D eigenvalue weighted by atomic mass is 19.1. The molecular formula is C16H25FN2O2. The molecule has 0 aromatic heterocycles. The van der Waals surface area contributed by atoms with Crippen LogP contribution in [0.25, 0.3) is 0 Å². The standard InChI is InChI=1S/C16H25FN2O2/c1-3-5-10-19-15(20)12-21-16-13(11-18-9-4-2)7-6-8-14(16)17/h6-8,18H,3-5,9-12H2,1-2H3,(H,19,20). The number of benzene rings is 1. The first-order chi connectivity index (χ1) is 10.2. The summed E-state index contributed by atoms with van der Waals surface area (Å²) in [5.41, 5.74) is 0.727. The molecule has 1 aromatic rings. The number of hydrogen-bond acceptors (Lipinski definition) is 3. The Morgan fingerprint density at radius 2 is 2.05 bits per heavy atom. The van der Waals surface area contributed by atoms with Crippen LogP contribution in [0, 0.1) is 5.82 Å². The Balaban J connectivity index is 2.54. The second-order valence-electron chi connectivity index (χ2n) is 4.90. The fourth-order valence-electron chi connectivity index (χ4n) is 1.85. The lowest BCUT2D eigenvalue weighted by Gasteiger charge is -2.13. The molecule has 5 heteroatoms. The van der Waals surface area contributed by atoms with E-state index in [1.54, 1.807) is 12.1 Å². The Bertz CT molecular complexity index is 438. The van der Waals surface area contributed by atoms with Gasteiger partial charge in [0, 0.05) is 18.7 Å². The molecule has 0 fully saturated rings. The normalized spacial score (nSPS) is 10.4. The van der Waals surface area contributed by atoms with Crippen molar-refractivity contribution in [3.63, 3.8) is 0 Å². The van der Waals surface area contributed by atoms with Gasteiger partial charge in [0.15, 0.2) is 18.2 Å². The van der Waals surface area contributed by atoms with Crippen LogP contribution in [0.3, 0.4) is 0 Å². The van der Waals surface area contributed by atoms with Gasteiger partial charge in [0.25, 0.3) is 5.91 Å². The third-order valence-electron chi connectivity index (χ3n) is 2.99. The fourth-order valence-corrected chi connectivity index (χ4v) is 1.85. The third kappa shape index (κ3) is 6.58. The maximum atomic E-state index is 13.8. The zero-order valence-electron chi connectivity index (χ0n) is 12.9. The molecule has 1 amide bonds. The van der Waals surface area contributed by atoms with Gasteiger partial charge in [-0.15, -0.1) is 0 Å². The zero-order valence-corrected chi connectivity index (χ0v) is 12.9. The molecule has 0 atom stereocenters. The molecule has 21 heavy (non-hydrogen) atoms. The van der Waals surface area contributed by atoms with Gasteiger partial charge in [-0.25, -0.2) is 4.39 Å². The number of para-hydroxylation sites is 1. The second-order valence-corrected chi connectivity index (χ2v) is 4.90. The van der Waals surface area contributed by atoms with E-state index in [2.05, 4.69) is 24.5 Å². The number of carbonyl (C=O) groups is 1. The predicted octanol–water partition coefficient (Wildman–Crippen LogP) is 2.62.